The number of nitrogens with one attached hydrogen (secondary N) is 12. The van der Waals surface area contributed by atoms with E-state index in [0.717, 1.165) is 67.8 Å². The average Bonchev–Trinajstić information content (AvgIpc) is 1.57. The van der Waals surface area contributed by atoms with Gasteiger partial charge in [-0.15, -0.1) is 0 Å². The first-order valence-corrected chi connectivity index (χ1v) is 43.5. The molecule has 0 saturated heterocycles. The number of hydrogen-bond acceptors (Lipinski definition) is 26. The molecule has 0 aliphatic heterocycles. The first-order valence-electron chi connectivity index (χ1n) is 39.5. The zero-order valence-corrected chi connectivity index (χ0v) is 75.5. The number of aryl methyl sites for hydroxylation is 8. The summed E-state index contributed by atoms with van der Waals surface area (Å²) >= 11 is 4.98. The summed E-state index contributed by atoms with van der Waals surface area (Å²) in [4.78, 5) is 69.2. The summed E-state index contributed by atoms with van der Waals surface area (Å²) in [5, 5.41) is 79.7. The number of thioether (sulfide) groups is 4. The summed E-state index contributed by atoms with van der Waals surface area (Å²) in [7, 11) is 9.36. The minimum absolute atomic E-state index is 0.0769. The van der Waals surface area contributed by atoms with Gasteiger partial charge in [0.25, 0.3) is 0 Å². The van der Waals surface area contributed by atoms with Gasteiger partial charge in [0.05, 0.1) is 98.6 Å². The van der Waals surface area contributed by atoms with Crippen molar-refractivity contribution in [1.29, 1.82) is 21.6 Å². The average molecular weight is 1800 g/mol. The van der Waals surface area contributed by atoms with Crippen LogP contribution in [-0.4, -0.2) is 168 Å². The Labute approximate surface area is 750 Å². The highest BCUT2D eigenvalue weighted by Crippen LogP contribution is 2.34. The molecular formula is C90H92N24O10S4. The summed E-state index contributed by atoms with van der Waals surface area (Å²) in [5.74, 6) is 3.20. The summed E-state index contributed by atoms with van der Waals surface area (Å²) < 4.78 is 38.5. The molecule has 12 N–H and O–H groups in total. The molecule has 0 spiro atoms. The van der Waals surface area contributed by atoms with Gasteiger partial charge < -0.3 is 49.7 Å². The first kappa shape index (κ1) is 91.0. The molecule has 8 heterocycles. The van der Waals surface area contributed by atoms with Gasteiger partial charge in [0.2, 0.25) is 23.6 Å². The van der Waals surface area contributed by atoms with E-state index >= 15 is 0 Å². The number of fused-ring (bicyclic) bond motifs is 4. The molecule has 0 saturated carbocycles. The van der Waals surface area contributed by atoms with E-state index in [2.05, 4.69) is 82.0 Å². The molecule has 0 atom stereocenters. The third kappa shape index (κ3) is 21.4. The van der Waals surface area contributed by atoms with E-state index in [9.17, 15) is 19.2 Å². The van der Waals surface area contributed by atoms with Gasteiger partial charge in [-0.25, -0.2) is 19.9 Å². The van der Waals surface area contributed by atoms with E-state index in [4.69, 9.17) is 50.1 Å². The molecule has 8 aromatic heterocycles. The second kappa shape index (κ2) is 41.4. The van der Waals surface area contributed by atoms with Gasteiger partial charge in [-0.05, 0) is 164 Å². The molecule has 128 heavy (non-hydrogen) atoms. The fourth-order valence-electron chi connectivity index (χ4n) is 13.3. The van der Waals surface area contributed by atoms with E-state index in [1.54, 1.807) is 107 Å². The number of aromatic nitrogens is 16. The highest BCUT2D eigenvalue weighted by Gasteiger charge is 2.24. The number of ether oxygens (including phenoxy) is 6. The lowest BCUT2D eigenvalue weighted by molar-refractivity contribution is -0.114. The summed E-state index contributed by atoms with van der Waals surface area (Å²) in [6.45, 7) is 15.4. The molecule has 0 unspecified atom stereocenters. The molecule has 656 valence electrons. The number of nitrogens with zero attached hydrogens (tertiary/aromatic N) is 12. The smallest absolute Gasteiger partial charge is 0.234 e. The number of methoxy groups -OCH3 is 6. The first-order chi connectivity index (χ1) is 61.7. The fraction of sp³-hybridized carbons (Fsp3) is 0.200. The molecule has 34 nitrogen and oxygen atoms in total. The molecule has 0 aliphatic rings. The predicted octanol–water partition coefficient (Wildman–Crippen LogP) is 14.4. The molecule has 0 bridgehead atoms. The van der Waals surface area contributed by atoms with Crippen LogP contribution in [0.2, 0.25) is 0 Å². The molecule has 0 fully saturated rings. The molecule has 16 rings (SSSR count). The van der Waals surface area contributed by atoms with E-state index in [-0.39, 0.29) is 68.6 Å². The van der Waals surface area contributed by atoms with Crippen LogP contribution < -0.4 is 71.6 Å². The summed E-state index contributed by atoms with van der Waals surface area (Å²) in [5.41, 5.74) is 15.9. The summed E-state index contributed by atoms with van der Waals surface area (Å²) in [6.07, 6.45) is 0. The van der Waals surface area contributed by atoms with Gasteiger partial charge in [-0.2, -0.15) is 20.4 Å². The van der Waals surface area contributed by atoms with E-state index in [1.807, 2.05) is 177 Å². The Balaban J connectivity index is 0.000000146. The highest BCUT2D eigenvalue weighted by atomic mass is 32.2. The fourth-order valence-corrected chi connectivity index (χ4v) is 16.5. The Morgan fingerprint density at radius 1 is 0.312 bits per heavy atom. The van der Waals surface area contributed by atoms with Crippen LogP contribution >= 0.6 is 47.0 Å². The van der Waals surface area contributed by atoms with Crippen LogP contribution in [0.4, 0.5) is 22.7 Å². The number of benzene rings is 8. The van der Waals surface area contributed by atoms with Crippen molar-refractivity contribution >= 4 is 138 Å². The molecule has 0 aliphatic carbocycles. The lowest BCUT2D eigenvalue weighted by atomic mass is 10.2. The number of hydrogen-bond donors (Lipinski definition) is 12. The van der Waals surface area contributed by atoms with Crippen LogP contribution in [0.1, 0.15) is 45.0 Å². The third-order valence-electron chi connectivity index (χ3n) is 19.6. The highest BCUT2D eigenvalue weighted by molar-refractivity contribution is 8.00. The summed E-state index contributed by atoms with van der Waals surface area (Å²) in [6, 6.07) is 56.1. The number of anilines is 4. The predicted molar refractivity (Wildman–Crippen MR) is 497 cm³/mol. The van der Waals surface area contributed by atoms with Gasteiger partial charge in [0.1, 0.15) is 56.4 Å². The van der Waals surface area contributed by atoms with Gasteiger partial charge in [0, 0.05) is 81.2 Å². The van der Waals surface area contributed by atoms with Crippen LogP contribution in [0.15, 0.2) is 203 Å². The normalized spacial score (nSPS) is 10.9. The van der Waals surface area contributed by atoms with E-state index in [0.29, 0.717) is 122 Å². The lowest BCUT2D eigenvalue weighted by Gasteiger charge is -2.14. The van der Waals surface area contributed by atoms with Crippen LogP contribution in [0.5, 0.6) is 34.5 Å². The number of carbonyl (C=O) groups is 4. The van der Waals surface area contributed by atoms with Crippen molar-refractivity contribution in [2.75, 3.05) is 86.9 Å². The maximum absolute atomic E-state index is 12.8. The van der Waals surface area contributed by atoms with Gasteiger partial charge >= 0.3 is 0 Å². The SMILES string of the molecule is COc1ccc(NC(=O)CSc2nc3n[nH]c(C)c3c(=N)n2-c2ccc(C)cc2)c(OC)c1.COc1ccc(OC)c(NC(=O)CSc2nc3n[nH]c(C)c3c(=N)n2-c2cccc(C)c2)c1.COc1cccc(NC(=O)CSc2nc3n[nH]c(C)c3c(=N)n2-c2ccc(C)cc2)c1.COc1cccc(NC(=O)CSc2nc3n[nH]c(C)c3c(=N)n2-c2cccc(C)c2)c1. The number of aromatic amines is 4. The maximum Gasteiger partial charge on any atom is 0.234 e. The van der Waals surface area contributed by atoms with Crippen molar-refractivity contribution in [2.45, 2.75) is 76.0 Å². The van der Waals surface area contributed by atoms with Crippen molar-refractivity contribution in [3.8, 4) is 57.2 Å². The standard InChI is InChI=1S/2C23H24N6O3S.2C22H22N6O2S/c1-13-5-7-15(8-6-13)29-21(24)20-14(2)27-28-22(20)26-23(29)33-12-19(30)25-17-10-9-16(31-3)11-18(17)32-4;1-13-6-5-7-15(10-13)29-21(24)20-14(2)27-28-22(20)26-23(29)33-12-19(30)25-17-11-16(31-3)8-9-18(17)32-4;1-13-6-4-8-16(10-13)28-20(23)19-14(2)26-27-21(19)25-22(28)31-12-18(29)24-15-7-5-9-17(11-15)30-3;1-13-7-9-16(10-8-13)28-20(23)19-14(2)26-27-21(19)25-22(28)31-12-18(29)24-15-5-4-6-17(11-15)30-3/h2*5-11,24H,12H2,1-4H3,(H,25,30)(H,27,28);2*4-11,23H,12H2,1-3H3,(H,24,29)(H,26,27). The molecule has 16 aromatic rings. The zero-order valence-electron chi connectivity index (χ0n) is 72.2. The van der Waals surface area contributed by atoms with Crippen LogP contribution in [0, 0.1) is 77.0 Å². The van der Waals surface area contributed by atoms with Crippen molar-refractivity contribution in [1.82, 2.24) is 79.0 Å². The Morgan fingerprint density at radius 2 is 0.625 bits per heavy atom. The van der Waals surface area contributed by atoms with Crippen molar-refractivity contribution in [2.24, 2.45) is 0 Å². The number of H-pyrrole nitrogens is 4. The van der Waals surface area contributed by atoms with Crippen LogP contribution in [0.3, 0.4) is 0 Å². The Kier molecular flexibility index (Phi) is 29.4. The number of carbonyl (C=O) groups excluding carboxylic acids is 4. The monoisotopic (exact) mass is 1800 g/mol. The second-order valence-corrected chi connectivity index (χ2v) is 32.6. The zero-order chi connectivity index (χ0) is 91.0. The minimum Gasteiger partial charge on any atom is -0.497 e. The Bertz CT molecular complexity index is 7080. The quantitative estimate of drug-likeness (QED) is 0.0177. The van der Waals surface area contributed by atoms with Crippen molar-refractivity contribution < 1.29 is 47.6 Å². The number of amides is 4. The van der Waals surface area contributed by atoms with Crippen LogP contribution in [-0.2, 0) is 19.2 Å². The van der Waals surface area contributed by atoms with Gasteiger partial charge in [-0.3, -0.25) is 79.5 Å². The topological polar surface area (TPSA) is 453 Å². The largest absolute Gasteiger partial charge is 0.497 e. The lowest BCUT2D eigenvalue weighted by Crippen LogP contribution is -2.23. The molecule has 4 amide bonds. The van der Waals surface area contributed by atoms with E-state index < -0.39 is 0 Å². The second-order valence-electron chi connectivity index (χ2n) is 28.8. The van der Waals surface area contributed by atoms with Gasteiger partial charge in [0.15, 0.2) is 43.2 Å². The minimum atomic E-state index is -0.242. The van der Waals surface area contributed by atoms with Crippen LogP contribution in [0.25, 0.3) is 66.9 Å². The number of rotatable bonds is 26. The molecular weight excluding hydrogens is 1710 g/mol. The molecule has 8 aromatic carbocycles. The Morgan fingerprint density at radius 3 is 0.969 bits per heavy atom. The van der Waals surface area contributed by atoms with E-state index in [1.165, 1.54) is 61.3 Å². The maximum atomic E-state index is 12.8. The van der Waals surface area contributed by atoms with Crippen molar-refractivity contribution in [3.05, 3.63) is 249 Å². The van der Waals surface area contributed by atoms with Crippen molar-refractivity contribution in [3.63, 3.8) is 0 Å². The Hall–Kier alpha value is -14.8. The van der Waals surface area contributed by atoms with Gasteiger partial charge in [-0.1, -0.05) is 119 Å². The third-order valence-corrected chi connectivity index (χ3v) is 23.4. The molecule has 38 heteroatoms. The molecule has 0 radical (unpaired) electrons.